The molecule has 1 amide bonds. The standard InChI is InChI=1S/C17H24N2O4/c1-5-12-14(11(4)20)9(2)18-15(12)16(21)19-8-6-7-13(10(19)3)17(22)23/h10,13,18H,5-8H2,1-4H3,(H,22,23)/t10-,13-/m0/s1. The fourth-order valence-electron chi connectivity index (χ4n) is 3.59. The predicted molar refractivity (Wildman–Crippen MR) is 85.8 cm³/mol. The van der Waals surface area contributed by atoms with Crippen LogP contribution in [-0.4, -0.2) is 45.2 Å². The van der Waals surface area contributed by atoms with Gasteiger partial charge in [-0.25, -0.2) is 0 Å². The highest BCUT2D eigenvalue weighted by molar-refractivity contribution is 6.02. The first-order valence-electron chi connectivity index (χ1n) is 8.05. The van der Waals surface area contributed by atoms with Crippen molar-refractivity contribution in [3.05, 3.63) is 22.5 Å². The van der Waals surface area contributed by atoms with E-state index in [9.17, 15) is 19.5 Å². The molecule has 6 nitrogen and oxygen atoms in total. The number of aliphatic carboxylic acids is 1. The number of ketones is 1. The lowest BCUT2D eigenvalue weighted by Gasteiger charge is -2.37. The first-order valence-corrected chi connectivity index (χ1v) is 8.05. The van der Waals surface area contributed by atoms with E-state index in [1.807, 2.05) is 6.92 Å². The molecule has 0 saturated carbocycles. The SMILES string of the molecule is CCc1c(C(=O)N2CCC[C@H](C(=O)O)[C@@H]2C)[nH]c(C)c1C(C)=O. The molecule has 126 valence electrons. The third-order valence-electron chi connectivity index (χ3n) is 4.78. The Morgan fingerprint density at radius 1 is 1.35 bits per heavy atom. The Morgan fingerprint density at radius 3 is 2.52 bits per heavy atom. The molecular formula is C17H24N2O4. The number of likely N-dealkylation sites (tertiary alicyclic amines) is 1. The number of piperidine rings is 1. The van der Waals surface area contributed by atoms with E-state index in [1.165, 1.54) is 6.92 Å². The van der Waals surface area contributed by atoms with Gasteiger partial charge in [-0.2, -0.15) is 0 Å². The number of aromatic nitrogens is 1. The van der Waals surface area contributed by atoms with Gasteiger partial charge in [-0.15, -0.1) is 0 Å². The molecule has 1 aliphatic heterocycles. The lowest BCUT2D eigenvalue weighted by molar-refractivity contribution is -0.145. The number of nitrogens with zero attached hydrogens (tertiary/aromatic N) is 1. The second kappa shape index (κ2) is 6.56. The molecule has 2 rings (SSSR count). The van der Waals surface area contributed by atoms with Crippen molar-refractivity contribution in [3.63, 3.8) is 0 Å². The van der Waals surface area contributed by atoms with Crippen molar-refractivity contribution >= 4 is 17.7 Å². The number of H-pyrrole nitrogens is 1. The van der Waals surface area contributed by atoms with Crippen molar-refractivity contribution in [3.8, 4) is 0 Å². The summed E-state index contributed by atoms with van der Waals surface area (Å²) in [5, 5.41) is 9.31. The maximum Gasteiger partial charge on any atom is 0.308 e. The highest BCUT2D eigenvalue weighted by Crippen LogP contribution is 2.28. The highest BCUT2D eigenvalue weighted by Gasteiger charge is 2.37. The molecule has 23 heavy (non-hydrogen) atoms. The largest absolute Gasteiger partial charge is 0.481 e. The minimum absolute atomic E-state index is 0.0650. The van der Waals surface area contributed by atoms with Crippen LogP contribution in [0.15, 0.2) is 0 Å². The zero-order valence-corrected chi connectivity index (χ0v) is 14.1. The van der Waals surface area contributed by atoms with Gasteiger partial charge in [0.15, 0.2) is 5.78 Å². The fraction of sp³-hybridized carbons (Fsp3) is 0.588. The van der Waals surface area contributed by atoms with Crippen LogP contribution in [0.2, 0.25) is 0 Å². The number of hydrogen-bond acceptors (Lipinski definition) is 3. The zero-order chi connectivity index (χ0) is 17.3. The molecule has 1 aliphatic rings. The van der Waals surface area contributed by atoms with Crippen LogP contribution >= 0.6 is 0 Å². The molecule has 2 atom stereocenters. The monoisotopic (exact) mass is 320 g/mol. The Balaban J connectivity index is 2.39. The Morgan fingerprint density at radius 2 is 2.00 bits per heavy atom. The highest BCUT2D eigenvalue weighted by atomic mass is 16.4. The van der Waals surface area contributed by atoms with Crippen molar-refractivity contribution in [2.75, 3.05) is 6.54 Å². The lowest BCUT2D eigenvalue weighted by atomic mass is 9.90. The zero-order valence-electron chi connectivity index (χ0n) is 14.1. The van der Waals surface area contributed by atoms with E-state index in [0.29, 0.717) is 42.8 Å². The van der Waals surface area contributed by atoms with Crippen LogP contribution in [0.25, 0.3) is 0 Å². The number of rotatable bonds is 4. The van der Waals surface area contributed by atoms with Crippen molar-refractivity contribution in [1.29, 1.82) is 0 Å². The Kier molecular flexibility index (Phi) is 4.92. The summed E-state index contributed by atoms with van der Waals surface area (Å²) in [6.45, 7) is 7.51. The summed E-state index contributed by atoms with van der Waals surface area (Å²) in [4.78, 5) is 40.8. The number of carbonyl (C=O) groups is 3. The second-order valence-corrected chi connectivity index (χ2v) is 6.21. The molecule has 0 bridgehead atoms. The van der Waals surface area contributed by atoms with E-state index < -0.39 is 11.9 Å². The lowest BCUT2D eigenvalue weighted by Crippen LogP contribution is -2.49. The van der Waals surface area contributed by atoms with E-state index in [2.05, 4.69) is 4.98 Å². The van der Waals surface area contributed by atoms with Crippen LogP contribution in [0.4, 0.5) is 0 Å². The van der Waals surface area contributed by atoms with Gasteiger partial charge >= 0.3 is 5.97 Å². The molecule has 0 radical (unpaired) electrons. The number of aromatic amines is 1. The summed E-state index contributed by atoms with van der Waals surface area (Å²) in [5.74, 6) is -1.68. The average Bonchev–Trinajstić information content (AvgIpc) is 2.83. The summed E-state index contributed by atoms with van der Waals surface area (Å²) >= 11 is 0. The molecule has 2 heterocycles. The Hall–Kier alpha value is -2.11. The van der Waals surface area contributed by atoms with Gasteiger partial charge in [-0.05, 0) is 45.6 Å². The molecule has 0 unspecified atom stereocenters. The third kappa shape index (κ3) is 3.02. The Labute approximate surface area is 135 Å². The molecule has 6 heteroatoms. The van der Waals surface area contributed by atoms with Crippen molar-refractivity contribution in [2.24, 2.45) is 5.92 Å². The minimum Gasteiger partial charge on any atom is -0.481 e. The summed E-state index contributed by atoms with van der Waals surface area (Å²) in [6.07, 6.45) is 1.84. The molecule has 1 saturated heterocycles. The number of aryl methyl sites for hydroxylation is 1. The van der Waals surface area contributed by atoms with Gasteiger partial charge in [-0.3, -0.25) is 14.4 Å². The van der Waals surface area contributed by atoms with E-state index >= 15 is 0 Å². The molecule has 1 aromatic heterocycles. The van der Waals surface area contributed by atoms with Crippen LogP contribution in [0.1, 0.15) is 65.7 Å². The van der Waals surface area contributed by atoms with Gasteiger partial charge in [0, 0.05) is 23.8 Å². The van der Waals surface area contributed by atoms with Crippen molar-refractivity contribution in [2.45, 2.75) is 53.0 Å². The summed E-state index contributed by atoms with van der Waals surface area (Å²) < 4.78 is 0. The van der Waals surface area contributed by atoms with Gasteiger partial charge in [0.05, 0.1) is 5.92 Å². The normalized spacial score (nSPS) is 21.3. The van der Waals surface area contributed by atoms with E-state index in [4.69, 9.17) is 0 Å². The molecule has 0 spiro atoms. The van der Waals surface area contributed by atoms with Crippen LogP contribution in [-0.2, 0) is 11.2 Å². The molecule has 0 aliphatic carbocycles. The van der Waals surface area contributed by atoms with Gasteiger partial charge in [-0.1, -0.05) is 6.92 Å². The molecule has 1 aromatic rings. The van der Waals surface area contributed by atoms with Crippen LogP contribution in [0.5, 0.6) is 0 Å². The summed E-state index contributed by atoms with van der Waals surface area (Å²) in [7, 11) is 0. The third-order valence-corrected chi connectivity index (χ3v) is 4.78. The predicted octanol–water partition coefficient (Wildman–Crippen LogP) is 2.41. The van der Waals surface area contributed by atoms with Gasteiger partial charge in [0.1, 0.15) is 5.69 Å². The van der Waals surface area contributed by atoms with Gasteiger partial charge in [0.25, 0.3) is 5.91 Å². The molecule has 1 fully saturated rings. The summed E-state index contributed by atoms with van der Waals surface area (Å²) in [5.41, 5.74) is 2.42. The number of hydrogen-bond donors (Lipinski definition) is 2. The molecule has 0 aromatic carbocycles. The number of nitrogens with one attached hydrogen (secondary N) is 1. The average molecular weight is 320 g/mol. The number of carboxylic acid groups (broad SMARTS) is 1. The number of Topliss-reactive ketones (excluding diaryl/α,β-unsaturated/α-hetero) is 1. The van der Waals surface area contributed by atoms with Gasteiger partial charge in [0.2, 0.25) is 0 Å². The van der Waals surface area contributed by atoms with E-state index in [1.54, 1.807) is 18.7 Å². The van der Waals surface area contributed by atoms with Crippen LogP contribution in [0.3, 0.4) is 0 Å². The molecular weight excluding hydrogens is 296 g/mol. The van der Waals surface area contributed by atoms with Crippen molar-refractivity contribution in [1.82, 2.24) is 9.88 Å². The van der Waals surface area contributed by atoms with E-state index in [-0.39, 0.29) is 17.7 Å². The first kappa shape index (κ1) is 17.2. The number of amides is 1. The smallest absolute Gasteiger partial charge is 0.308 e. The van der Waals surface area contributed by atoms with Crippen LogP contribution in [0, 0.1) is 12.8 Å². The quantitative estimate of drug-likeness (QED) is 0.834. The van der Waals surface area contributed by atoms with Gasteiger partial charge < -0.3 is 15.0 Å². The number of carbonyl (C=O) groups excluding carboxylic acids is 2. The Bertz CT molecular complexity index is 647. The van der Waals surface area contributed by atoms with E-state index in [0.717, 1.165) is 5.56 Å². The molecule has 2 N–H and O–H groups in total. The topological polar surface area (TPSA) is 90.5 Å². The van der Waals surface area contributed by atoms with Crippen molar-refractivity contribution < 1.29 is 19.5 Å². The fourth-order valence-corrected chi connectivity index (χ4v) is 3.59. The number of carboxylic acids is 1. The maximum absolute atomic E-state index is 12.9. The summed E-state index contributed by atoms with van der Waals surface area (Å²) in [6, 6.07) is -0.358. The van der Waals surface area contributed by atoms with Crippen LogP contribution < -0.4 is 0 Å². The second-order valence-electron chi connectivity index (χ2n) is 6.21. The first-order chi connectivity index (χ1) is 10.8. The maximum atomic E-state index is 12.9. The minimum atomic E-state index is -0.863.